The van der Waals surface area contributed by atoms with Gasteiger partial charge in [-0.25, -0.2) is 15.0 Å². The van der Waals surface area contributed by atoms with E-state index >= 15 is 0 Å². The van der Waals surface area contributed by atoms with Crippen molar-refractivity contribution in [2.75, 3.05) is 13.2 Å². The van der Waals surface area contributed by atoms with E-state index in [-0.39, 0.29) is 5.56 Å². The molecule has 0 amide bonds. The zero-order valence-corrected chi connectivity index (χ0v) is 17.8. The van der Waals surface area contributed by atoms with Crippen molar-refractivity contribution in [2.45, 2.75) is 59.0 Å². The van der Waals surface area contributed by atoms with Crippen LogP contribution in [0.25, 0.3) is 33.2 Å². The van der Waals surface area contributed by atoms with E-state index in [0.717, 1.165) is 42.5 Å². The Balaban J connectivity index is 1.83. The van der Waals surface area contributed by atoms with Gasteiger partial charge in [0.05, 0.1) is 17.4 Å². The van der Waals surface area contributed by atoms with Crippen molar-refractivity contribution in [1.82, 2.24) is 24.1 Å². The van der Waals surface area contributed by atoms with Gasteiger partial charge in [0.1, 0.15) is 10.9 Å². The fourth-order valence-electron chi connectivity index (χ4n) is 3.89. The molecular formula is C23H29N5O2. The minimum Gasteiger partial charge on any atom is -0.382 e. The van der Waals surface area contributed by atoms with Gasteiger partial charge in [0, 0.05) is 26.3 Å². The Bertz CT molecular complexity index is 1210. The highest BCUT2D eigenvalue weighted by atomic mass is 16.5. The fourth-order valence-corrected chi connectivity index (χ4v) is 3.89. The summed E-state index contributed by atoms with van der Waals surface area (Å²) in [5.41, 5.74) is 3.65. The van der Waals surface area contributed by atoms with Crippen molar-refractivity contribution < 1.29 is 4.74 Å². The van der Waals surface area contributed by atoms with Crippen LogP contribution in [0.15, 0.2) is 35.4 Å². The number of hydrogen-bond donors (Lipinski definition) is 0. The summed E-state index contributed by atoms with van der Waals surface area (Å²) in [5.74, 6) is 0. The highest BCUT2D eigenvalue weighted by Crippen LogP contribution is 2.25. The van der Waals surface area contributed by atoms with Crippen LogP contribution in [0.4, 0.5) is 0 Å². The highest BCUT2D eigenvalue weighted by molar-refractivity contribution is 6.04. The number of fused-ring (bicyclic) bond motifs is 4. The van der Waals surface area contributed by atoms with Gasteiger partial charge in [-0.3, -0.25) is 9.36 Å². The van der Waals surface area contributed by atoms with Gasteiger partial charge in [0.2, 0.25) is 0 Å². The molecule has 4 rings (SSSR count). The van der Waals surface area contributed by atoms with Gasteiger partial charge in [0.25, 0.3) is 5.56 Å². The van der Waals surface area contributed by atoms with Gasteiger partial charge < -0.3 is 9.30 Å². The fraction of sp³-hybridized carbons (Fsp3) is 0.478. The lowest BCUT2D eigenvalue weighted by Crippen LogP contribution is -2.21. The molecule has 1 aromatic carbocycles. The first-order chi connectivity index (χ1) is 14.7. The average Bonchev–Trinajstić information content (AvgIpc) is 3.07. The standard InChI is InChI=1S/C23H29N5O2/c1-3-5-6-9-14-28-21-19(23(29)27(16-24-21)13-10-15-30-4-2)20-22(28)26-18-12-8-7-11-17(18)25-20/h7-8,11-12,16H,3-6,9-10,13-15H2,1-2H3. The number of aromatic nitrogens is 5. The van der Waals surface area contributed by atoms with E-state index in [0.29, 0.717) is 36.3 Å². The van der Waals surface area contributed by atoms with Crippen LogP contribution in [0, 0.1) is 0 Å². The quantitative estimate of drug-likeness (QED) is 0.366. The lowest BCUT2D eigenvalue weighted by atomic mass is 10.2. The summed E-state index contributed by atoms with van der Waals surface area (Å²) in [7, 11) is 0. The van der Waals surface area contributed by atoms with Gasteiger partial charge in [-0.15, -0.1) is 0 Å². The summed E-state index contributed by atoms with van der Waals surface area (Å²) >= 11 is 0. The molecule has 0 aliphatic carbocycles. The number of para-hydroxylation sites is 2. The van der Waals surface area contributed by atoms with Gasteiger partial charge in [0.15, 0.2) is 11.3 Å². The maximum absolute atomic E-state index is 13.3. The lowest BCUT2D eigenvalue weighted by molar-refractivity contribution is 0.141. The highest BCUT2D eigenvalue weighted by Gasteiger charge is 2.19. The molecule has 0 atom stereocenters. The summed E-state index contributed by atoms with van der Waals surface area (Å²) in [4.78, 5) is 27.7. The predicted octanol–water partition coefficient (Wildman–Crippen LogP) is 4.30. The number of hydrogen-bond acceptors (Lipinski definition) is 5. The van der Waals surface area contributed by atoms with E-state index in [1.165, 1.54) is 12.8 Å². The molecule has 4 aromatic rings. The minimum atomic E-state index is -0.0570. The third kappa shape index (κ3) is 3.94. The Labute approximate surface area is 175 Å². The maximum atomic E-state index is 13.3. The number of aryl methyl sites for hydroxylation is 2. The number of unbranched alkanes of at least 4 members (excludes halogenated alkanes) is 3. The molecule has 3 aromatic heterocycles. The number of rotatable bonds is 10. The maximum Gasteiger partial charge on any atom is 0.265 e. The average molecular weight is 408 g/mol. The van der Waals surface area contributed by atoms with Gasteiger partial charge >= 0.3 is 0 Å². The van der Waals surface area contributed by atoms with Crippen LogP contribution in [0.5, 0.6) is 0 Å². The largest absolute Gasteiger partial charge is 0.382 e. The zero-order chi connectivity index (χ0) is 20.9. The van der Waals surface area contributed by atoms with Crippen LogP contribution in [-0.2, 0) is 17.8 Å². The molecule has 0 aliphatic heterocycles. The van der Waals surface area contributed by atoms with Crippen molar-refractivity contribution in [3.05, 3.63) is 40.9 Å². The molecule has 3 heterocycles. The smallest absolute Gasteiger partial charge is 0.265 e. The SMILES string of the molecule is CCCCCCn1c2nc3ccccc3nc2c2c(=O)n(CCCOCC)cnc21. The van der Waals surface area contributed by atoms with Crippen LogP contribution in [0.3, 0.4) is 0 Å². The Hall–Kier alpha value is -2.80. The lowest BCUT2D eigenvalue weighted by Gasteiger charge is -2.07. The summed E-state index contributed by atoms with van der Waals surface area (Å²) in [6, 6.07) is 7.79. The third-order valence-corrected chi connectivity index (χ3v) is 5.45. The van der Waals surface area contributed by atoms with Crippen molar-refractivity contribution in [3.63, 3.8) is 0 Å². The van der Waals surface area contributed by atoms with Crippen LogP contribution in [-0.4, -0.2) is 37.3 Å². The molecule has 7 heteroatoms. The summed E-state index contributed by atoms with van der Waals surface area (Å²) in [5, 5.41) is 0.567. The third-order valence-electron chi connectivity index (χ3n) is 5.45. The Morgan fingerprint density at radius 3 is 2.50 bits per heavy atom. The molecule has 0 spiro atoms. The molecule has 0 fully saturated rings. The van der Waals surface area contributed by atoms with E-state index in [1.54, 1.807) is 10.9 Å². The second-order valence-corrected chi connectivity index (χ2v) is 7.59. The van der Waals surface area contributed by atoms with Gasteiger partial charge in [-0.1, -0.05) is 38.3 Å². The van der Waals surface area contributed by atoms with E-state index in [9.17, 15) is 4.79 Å². The molecule has 0 N–H and O–H groups in total. The van der Waals surface area contributed by atoms with Crippen LogP contribution >= 0.6 is 0 Å². The first kappa shape index (κ1) is 20.5. The molecular weight excluding hydrogens is 378 g/mol. The molecule has 0 bridgehead atoms. The topological polar surface area (TPSA) is 74.8 Å². The van der Waals surface area contributed by atoms with E-state index in [4.69, 9.17) is 14.7 Å². The summed E-state index contributed by atoms with van der Waals surface area (Å²) < 4.78 is 9.15. The summed E-state index contributed by atoms with van der Waals surface area (Å²) in [6.45, 7) is 6.84. The molecule has 158 valence electrons. The Kier molecular flexibility index (Phi) is 6.38. The molecule has 0 saturated heterocycles. The van der Waals surface area contributed by atoms with Crippen molar-refractivity contribution >= 4 is 33.2 Å². The number of ether oxygens (including phenoxy) is 1. The van der Waals surface area contributed by atoms with Crippen LogP contribution in [0.1, 0.15) is 46.0 Å². The number of benzene rings is 1. The van der Waals surface area contributed by atoms with Crippen LogP contribution in [0.2, 0.25) is 0 Å². The Morgan fingerprint density at radius 2 is 1.73 bits per heavy atom. The monoisotopic (exact) mass is 407 g/mol. The van der Waals surface area contributed by atoms with Crippen molar-refractivity contribution in [3.8, 4) is 0 Å². The first-order valence-electron chi connectivity index (χ1n) is 11.0. The normalized spacial score (nSPS) is 11.8. The minimum absolute atomic E-state index is 0.0570. The van der Waals surface area contributed by atoms with Gasteiger partial charge in [-0.05, 0) is 31.9 Å². The van der Waals surface area contributed by atoms with Crippen LogP contribution < -0.4 is 5.56 Å². The second-order valence-electron chi connectivity index (χ2n) is 7.59. The second kappa shape index (κ2) is 9.34. The molecule has 0 radical (unpaired) electrons. The molecule has 0 unspecified atom stereocenters. The molecule has 30 heavy (non-hydrogen) atoms. The number of nitrogens with zero attached hydrogens (tertiary/aromatic N) is 5. The predicted molar refractivity (Wildman–Crippen MR) is 120 cm³/mol. The van der Waals surface area contributed by atoms with E-state index in [2.05, 4.69) is 16.5 Å². The summed E-state index contributed by atoms with van der Waals surface area (Å²) in [6.07, 6.45) is 6.98. The van der Waals surface area contributed by atoms with Crippen molar-refractivity contribution in [1.29, 1.82) is 0 Å². The Morgan fingerprint density at radius 1 is 0.933 bits per heavy atom. The molecule has 7 nitrogen and oxygen atoms in total. The first-order valence-corrected chi connectivity index (χ1v) is 11.0. The zero-order valence-electron chi connectivity index (χ0n) is 17.8. The molecule has 0 aliphatic rings. The van der Waals surface area contributed by atoms with Crippen molar-refractivity contribution in [2.24, 2.45) is 0 Å². The van der Waals surface area contributed by atoms with E-state index < -0.39 is 0 Å². The van der Waals surface area contributed by atoms with Gasteiger partial charge in [-0.2, -0.15) is 0 Å². The van der Waals surface area contributed by atoms with E-state index in [1.807, 2.05) is 31.2 Å². The molecule has 0 saturated carbocycles.